The SMILES string of the molecule is CCN(CC)c1ccc2c(c1)-c1nc3cnc4ccccc4c3cc1CO2. The maximum atomic E-state index is 6.04. The van der Waals surface area contributed by atoms with E-state index in [1.165, 1.54) is 5.69 Å². The van der Waals surface area contributed by atoms with Gasteiger partial charge in [0.05, 0.1) is 22.9 Å². The summed E-state index contributed by atoms with van der Waals surface area (Å²) in [5, 5.41) is 2.26. The molecule has 0 bridgehead atoms. The monoisotopic (exact) mass is 355 g/mol. The molecule has 0 atom stereocenters. The predicted octanol–water partition coefficient (Wildman–Crippen LogP) is 5.19. The van der Waals surface area contributed by atoms with Crippen molar-refractivity contribution in [2.45, 2.75) is 20.5 Å². The molecule has 0 saturated heterocycles. The fourth-order valence-corrected chi connectivity index (χ4v) is 3.94. The maximum Gasteiger partial charge on any atom is 0.129 e. The van der Waals surface area contributed by atoms with Crippen molar-refractivity contribution < 1.29 is 4.74 Å². The molecule has 0 N–H and O–H groups in total. The molecule has 0 saturated carbocycles. The Hall–Kier alpha value is -3.14. The number of fused-ring (bicyclic) bond motifs is 6. The average molecular weight is 355 g/mol. The van der Waals surface area contributed by atoms with Crippen molar-refractivity contribution in [2.24, 2.45) is 0 Å². The van der Waals surface area contributed by atoms with E-state index >= 15 is 0 Å². The molecule has 4 aromatic rings. The van der Waals surface area contributed by atoms with Gasteiger partial charge in [0.25, 0.3) is 0 Å². The number of hydrogen-bond acceptors (Lipinski definition) is 4. The second kappa shape index (κ2) is 6.23. The number of para-hydroxylation sites is 1. The molecule has 0 fully saturated rings. The van der Waals surface area contributed by atoms with Crippen LogP contribution in [0.2, 0.25) is 0 Å². The van der Waals surface area contributed by atoms with E-state index in [9.17, 15) is 0 Å². The smallest absolute Gasteiger partial charge is 0.129 e. The third kappa shape index (κ3) is 2.52. The zero-order valence-electron chi connectivity index (χ0n) is 15.6. The first-order chi connectivity index (χ1) is 13.3. The Morgan fingerprint density at radius 3 is 2.67 bits per heavy atom. The number of pyridine rings is 2. The third-order valence-corrected chi connectivity index (χ3v) is 5.38. The van der Waals surface area contributed by atoms with Gasteiger partial charge in [-0.2, -0.15) is 0 Å². The minimum Gasteiger partial charge on any atom is -0.488 e. The molecule has 0 unspecified atom stereocenters. The van der Waals surface area contributed by atoms with E-state index in [4.69, 9.17) is 9.72 Å². The van der Waals surface area contributed by atoms with Gasteiger partial charge < -0.3 is 9.64 Å². The minimum atomic E-state index is 0.548. The normalized spacial score (nSPS) is 12.5. The Morgan fingerprint density at radius 2 is 1.81 bits per heavy atom. The van der Waals surface area contributed by atoms with Gasteiger partial charge in [0, 0.05) is 40.7 Å². The second-order valence-corrected chi connectivity index (χ2v) is 6.85. The van der Waals surface area contributed by atoms with Gasteiger partial charge in [0.15, 0.2) is 0 Å². The number of nitrogens with zero attached hydrogens (tertiary/aromatic N) is 3. The molecule has 0 radical (unpaired) electrons. The largest absolute Gasteiger partial charge is 0.488 e. The molecule has 134 valence electrons. The summed E-state index contributed by atoms with van der Waals surface area (Å²) in [5.41, 5.74) is 6.32. The van der Waals surface area contributed by atoms with E-state index in [1.807, 2.05) is 24.4 Å². The molecular formula is C23H21N3O. The average Bonchev–Trinajstić information content (AvgIpc) is 2.73. The van der Waals surface area contributed by atoms with Crippen LogP contribution in [-0.4, -0.2) is 23.1 Å². The fourth-order valence-electron chi connectivity index (χ4n) is 3.94. The second-order valence-electron chi connectivity index (χ2n) is 6.85. The Bertz CT molecular complexity index is 1170. The molecule has 4 nitrogen and oxygen atoms in total. The van der Waals surface area contributed by atoms with Crippen LogP contribution in [0, 0.1) is 0 Å². The summed E-state index contributed by atoms with van der Waals surface area (Å²) in [4.78, 5) is 11.9. The number of rotatable bonds is 3. The molecule has 0 spiro atoms. The van der Waals surface area contributed by atoms with Gasteiger partial charge in [-0.05, 0) is 44.2 Å². The number of anilines is 1. The highest BCUT2D eigenvalue weighted by Crippen LogP contribution is 2.40. The van der Waals surface area contributed by atoms with Crippen molar-refractivity contribution in [1.29, 1.82) is 0 Å². The molecule has 3 heterocycles. The van der Waals surface area contributed by atoms with Crippen molar-refractivity contribution in [2.75, 3.05) is 18.0 Å². The lowest BCUT2D eigenvalue weighted by molar-refractivity contribution is 0.302. The van der Waals surface area contributed by atoms with Crippen molar-refractivity contribution in [3.63, 3.8) is 0 Å². The summed E-state index contributed by atoms with van der Waals surface area (Å²) in [5.74, 6) is 0.902. The predicted molar refractivity (Wildman–Crippen MR) is 110 cm³/mol. The molecule has 1 aliphatic rings. The van der Waals surface area contributed by atoms with Crippen molar-refractivity contribution in [3.8, 4) is 17.0 Å². The molecule has 2 aromatic heterocycles. The molecular weight excluding hydrogens is 334 g/mol. The topological polar surface area (TPSA) is 38.2 Å². The van der Waals surface area contributed by atoms with Crippen molar-refractivity contribution >= 4 is 27.5 Å². The number of aromatic nitrogens is 2. The zero-order valence-corrected chi connectivity index (χ0v) is 15.6. The summed E-state index contributed by atoms with van der Waals surface area (Å²) >= 11 is 0. The quantitative estimate of drug-likeness (QED) is 0.474. The van der Waals surface area contributed by atoms with Gasteiger partial charge in [-0.1, -0.05) is 18.2 Å². The molecule has 0 aliphatic carbocycles. The van der Waals surface area contributed by atoms with Gasteiger partial charge >= 0.3 is 0 Å². The molecule has 0 amide bonds. The number of benzene rings is 2. The standard InChI is InChI=1S/C23H21N3O/c1-3-26(4-2)16-9-10-22-19(12-16)23-15(14-27-22)11-18-17-7-5-6-8-20(17)24-13-21(18)25-23/h5-13H,3-4,14H2,1-2H3. The summed E-state index contributed by atoms with van der Waals surface area (Å²) < 4.78 is 6.04. The highest BCUT2D eigenvalue weighted by atomic mass is 16.5. The zero-order chi connectivity index (χ0) is 18.4. The summed E-state index contributed by atoms with van der Waals surface area (Å²) in [7, 11) is 0. The Kier molecular flexibility index (Phi) is 3.71. The van der Waals surface area contributed by atoms with Gasteiger partial charge in [-0.25, -0.2) is 4.98 Å². The van der Waals surface area contributed by atoms with E-state index in [-0.39, 0.29) is 0 Å². The van der Waals surface area contributed by atoms with E-state index in [2.05, 4.69) is 54.1 Å². The Morgan fingerprint density at radius 1 is 0.963 bits per heavy atom. The van der Waals surface area contributed by atoms with Crippen LogP contribution >= 0.6 is 0 Å². The molecule has 5 rings (SSSR count). The van der Waals surface area contributed by atoms with Gasteiger partial charge in [0.2, 0.25) is 0 Å². The van der Waals surface area contributed by atoms with Gasteiger partial charge in [0.1, 0.15) is 12.4 Å². The van der Waals surface area contributed by atoms with E-state index in [0.29, 0.717) is 6.61 Å². The van der Waals surface area contributed by atoms with Crippen LogP contribution in [0.5, 0.6) is 5.75 Å². The van der Waals surface area contributed by atoms with Crippen LogP contribution in [0.25, 0.3) is 33.1 Å². The summed E-state index contributed by atoms with van der Waals surface area (Å²) in [6.07, 6.45) is 1.88. The molecule has 27 heavy (non-hydrogen) atoms. The molecule has 2 aromatic carbocycles. The number of ether oxygens (including phenoxy) is 1. The van der Waals surface area contributed by atoms with Crippen molar-refractivity contribution in [3.05, 3.63) is 60.3 Å². The lowest BCUT2D eigenvalue weighted by Crippen LogP contribution is -2.22. The van der Waals surface area contributed by atoms with Crippen LogP contribution in [0.15, 0.2) is 54.7 Å². The van der Waals surface area contributed by atoms with Crippen LogP contribution in [0.4, 0.5) is 5.69 Å². The third-order valence-electron chi connectivity index (χ3n) is 5.38. The van der Waals surface area contributed by atoms with Crippen LogP contribution in [0.1, 0.15) is 19.4 Å². The first kappa shape index (κ1) is 16.1. The van der Waals surface area contributed by atoms with Crippen LogP contribution < -0.4 is 9.64 Å². The van der Waals surface area contributed by atoms with E-state index < -0.39 is 0 Å². The van der Waals surface area contributed by atoms with Crippen molar-refractivity contribution in [1.82, 2.24) is 9.97 Å². The summed E-state index contributed by atoms with van der Waals surface area (Å²) in [6, 6.07) is 16.8. The highest BCUT2D eigenvalue weighted by molar-refractivity contribution is 6.05. The fraction of sp³-hybridized carbons (Fsp3) is 0.217. The minimum absolute atomic E-state index is 0.548. The lowest BCUT2D eigenvalue weighted by atomic mass is 9.99. The Balaban J connectivity index is 1.73. The first-order valence-corrected chi connectivity index (χ1v) is 9.48. The Labute approximate surface area is 158 Å². The van der Waals surface area contributed by atoms with Gasteiger partial charge in [-0.3, -0.25) is 4.98 Å². The summed E-state index contributed by atoms with van der Waals surface area (Å²) in [6.45, 7) is 6.85. The van der Waals surface area contributed by atoms with E-state index in [1.54, 1.807) is 0 Å². The van der Waals surface area contributed by atoms with E-state index in [0.717, 1.165) is 57.5 Å². The van der Waals surface area contributed by atoms with Crippen LogP contribution in [-0.2, 0) is 6.61 Å². The first-order valence-electron chi connectivity index (χ1n) is 9.48. The lowest BCUT2D eigenvalue weighted by Gasteiger charge is -2.25. The maximum absolute atomic E-state index is 6.04. The van der Waals surface area contributed by atoms with Gasteiger partial charge in [-0.15, -0.1) is 0 Å². The van der Waals surface area contributed by atoms with Crippen LogP contribution in [0.3, 0.4) is 0 Å². The molecule has 4 heteroatoms. The highest BCUT2D eigenvalue weighted by Gasteiger charge is 2.21. The number of hydrogen-bond donors (Lipinski definition) is 0. The molecule has 1 aliphatic heterocycles.